The summed E-state index contributed by atoms with van der Waals surface area (Å²) < 4.78 is 31.1. The second-order valence-electron chi connectivity index (χ2n) is 9.45. The van der Waals surface area contributed by atoms with Gasteiger partial charge in [0.05, 0.1) is 23.0 Å². The number of hydrogen-bond donors (Lipinski definition) is 2. The highest BCUT2D eigenvalue weighted by Crippen LogP contribution is 2.46. The maximum Gasteiger partial charge on any atom is 0.408 e. The van der Waals surface area contributed by atoms with Crippen LogP contribution in [-0.2, 0) is 13.7 Å². The number of amides is 1. The van der Waals surface area contributed by atoms with E-state index in [2.05, 4.69) is 20.5 Å². The number of rotatable bonds is 7. The summed E-state index contributed by atoms with van der Waals surface area (Å²) in [5.74, 6) is -1.17. The van der Waals surface area contributed by atoms with E-state index in [1.165, 1.54) is 24.5 Å². The van der Waals surface area contributed by atoms with Gasteiger partial charge in [0.25, 0.3) is 5.56 Å². The zero-order valence-electron chi connectivity index (χ0n) is 21.0. The van der Waals surface area contributed by atoms with Crippen molar-refractivity contribution in [3.8, 4) is 0 Å². The van der Waals surface area contributed by atoms with Crippen molar-refractivity contribution in [2.45, 2.75) is 18.6 Å². The van der Waals surface area contributed by atoms with Gasteiger partial charge in [0, 0.05) is 31.2 Å². The molecule has 0 spiro atoms. The lowest BCUT2D eigenvalue weighted by atomic mass is 9.83. The fourth-order valence-corrected chi connectivity index (χ4v) is 4.77. The molecule has 13 heteroatoms. The molecule has 1 aliphatic heterocycles. The molecule has 0 unspecified atom stereocenters. The Hall–Kier alpha value is -4.39. The summed E-state index contributed by atoms with van der Waals surface area (Å²) in [4.78, 5) is 32.8. The predicted molar refractivity (Wildman–Crippen MR) is 135 cm³/mol. The molecule has 4 aromatic rings. The van der Waals surface area contributed by atoms with E-state index in [4.69, 9.17) is 0 Å². The summed E-state index contributed by atoms with van der Waals surface area (Å²) in [7, 11) is 5.33. The van der Waals surface area contributed by atoms with Crippen LogP contribution in [0.1, 0.15) is 29.0 Å². The molecule has 0 fully saturated rings. The standard InChI is InChI=1S/C25H26F2N8O3/c1-32(2)8-9-34(25(37)38)13-35-24(36)17-10-16(27)11-18-19(17)22(31-35)20(23-28-12-29-33(23)3)21(30-18)14-4-6-15(26)7-5-14/h4-7,10-12,20-21,30H,8-9,13H2,1-3H3,(H,37,38)/t20-,21-/m1/s1. The summed E-state index contributed by atoms with van der Waals surface area (Å²) >= 11 is 0. The molecule has 38 heavy (non-hydrogen) atoms. The molecule has 3 heterocycles. The molecule has 2 aromatic carbocycles. The van der Waals surface area contributed by atoms with Crippen LogP contribution in [0.3, 0.4) is 0 Å². The van der Waals surface area contributed by atoms with E-state index >= 15 is 0 Å². The molecular formula is C25H26F2N8O3. The SMILES string of the molecule is CN(C)CCN(Cn1nc2c3c(cc(F)cc3c1=O)N[C@H](c1ccc(F)cc1)[C@H]2c1ncnn1C)C(=O)O. The Kier molecular flexibility index (Phi) is 6.53. The normalized spacial score (nSPS) is 16.6. The molecule has 2 aromatic heterocycles. The highest BCUT2D eigenvalue weighted by molar-refractivity contribution is 5.97. The topological polar surface area (TPSA) is 121 Å². The number of aryl methyl sites for hydroxylation is 1. The van der Waals surface area contributed by atoms with Gasteiger partial charge < -0.3 is 15.3 Å². The molecule has 198 valence electrons. The molecule has 5 rings (SSSR count). The predicted octanol–water partition coefficient (Wildman–Crippen LogP) is 2.60. The van der Waals surface area contributed by atoms with Crippen LogP contribution in [0.4, 0.5) is 19.3 Å². The van der Waals surface area contributed by atoms with Gasteiger partial charge in [-0.05, 0) is 43.9 Å². The van der Waals surface area contributed by atoms with E-state index in [1.54, 1.807) is 23.9 Å². The lowest BCUT2D eigenvalue weighted by Gasteiger charge is -2.34. The Labute approximate surface area is 215 Å². The molecule has 0 radical (unpaired) electrons. The van der Waals surface area contributed by atoms with Crippen molar-refractivity contribution in [1.29, 1.82) is 0 Å². The number of benzene rings is 2. The lowest BCUT2D eigenvalue weighted by molar-refractivity contribution is 0.122. The number of anilines is 1. The molecule has 2 N–H and O–H groups in total. The third-order valence-corrected chi connectivity index (χ3v) is 6.64. The zero-order chi connectivity index (χ0) is 27.1. The number of nitrogens with one attached hydrogen (secondary N) is 1. The lowest BCUT2D eigenvalue weighted by Crippen LogP contribution is -2.41. The number of carbonyl (C=O) groups is 1. The highest BCUT2D eigenvalue weighted by Gasteiger charge is 2.38. The van der Waals surface area contributed by atoms with Crippen molar-refractivity contribution in [3.63, 3.8) is 0 Å². The monoisotopic (exact) mass is 524 g/mol. The van der Waals surface area contributed by atoms with Crippen molar-refractivity contribution >= 4 is 22.6 Å². The van der Waals surface area contributed by atoms with Crippen LogP contribution in [0.15, 0.2) is 47.5 Å². The van der Waals surface area contributed by atoms with Gasteiger partial charge in [-0.2, -0.15) is 10.2 Å². The van der Waals surface area contributed by atoms with Crippen molar-refractivity contribution in [3.05, 3.63) is 81.8 Å². The van der Waals surface area contributed by atoms with Crippen molar-refractivity contribution in [1.82, 2.24) is 34.3 Å². The Balaban J connectivity index is 1.73. The average molecular weight is 525 g/mol. The quantitative estimate of drug-likeness (QED) is 0.379. The summed E-state index contributed by atoms with van der Waals surface area (Å²) in [5.41, 5.74) is 0.804. The van der Waals surface area contributed by atoms with Gasteiger partial charge in [-0.15, -0.1) is 0 Å². The first-order valence-electron chi connectivity index (χ1n) is 11.9. The van der Waals surface area contributed by atoms with Gasteiger partial charge in [-0.25, -0.2) is 23.2 Å². The third kappa shape index (κ3) is 4.56. The molecule has 1 amide bonds. The minimum atomic E-state index is -1.22. The van der Waals surface area contributed by atoms with E-state index in [9.17, 15) is 23.5 Å². The summed E-state index contributed by atoms with van der Waals surface area (Å²) in [6, 6.07) is 7.71. The average Bonchev–Trinajstić information content (AvgIpc) is 3.29. The first-order chi connectivity index (χ1) is 18.1. The van der Waals surface area contributed by atoms with Crippen molar-refractivity contribution < 1.29 is 18.7 Å². The fraction of sp³-hybridized carbons (Fsp3) is 0.320. The Morgan fingerprint density at radius 3 is 2.50 bits per heavy atom. The molecule has 0 saturated heterocycles. The van der Waals surface area contributed by atoms with Gasteiger partial charge in [0.2, 0.25) is 0 Å². The Morgan fingerprint density at radius 1 is 1.13 bits per heavy atom. The van der Waals surface area contributed by atoms with E-state index in [0.29, 0.717) is 34.7 Å². The van der Waals surface area contributed by atoms with Crippen LogP contribution < -0.4 is 10.9 Å². The summed E-state index contributed by atoms with van der Waals surface area (Å²) in [6.07, 6.45) is 0.169. The molecule has 0 saturated carbocycles. The number of carboxylic acid groups (broad SMARTS) is 1. The van der Waals surface area contributed by atoms with E-state index in [1.807, 2.05) is 19.0 Å². The van der Waals surface area contributed by atoms with E-state index in [-0.39, 0.29) is 18.6 Å². The van der Waals surface area contributed by atoms with Crippen LogP contribution in [0.25, 0.3) is 10.8 Å². The van der Waals surface area contributed by atoms with Gasteiger partial charge in [0.1, 0.15) is 30.5 Å². The molecule has 0 aliphatic carbocycles. The molecule has 1 aliphatic rings. The maximum atomic E-state index is 14.8. The summed E-state index contributed by atoms with van der Waals surface area (Å²) in [5, 5.41) is 22.4. The van der Waals surface area contributed by atoms with Gasteiger partial charge in [-0.1, -0.05) is 12.1 Å². The van der Waals surface area contributed by atoms with Crippen LogP contribution in [0, 0.1) is 11.6 Å². The number of nitrogens with zero attached hydrogens (tertiary/aromatic N) is 7. The Bertz CT molecular complexity index is 1570. The third-order valence-electron chi connectivity index (χ3n) is 6.64. The smallest absolute Gasteiger partial charge is 0.408 e. The van der Waals surface area contributed by atoms with Crippen molar-refractivity contribution in [2.24, 2.45) is 7.05 Å². The van der Waals surface area contributed by atoms with Gasteiger partial charge in [-0.3, -0.25) is 14.4 Å². The number of hydrogen-bond acceptors (Lipinski definition) is 7. The first kappa shape index (κ1) is 25.3. The van der Waals surface area contributed by atoms with E-state index in [0.717, 1.165) is 15.6 Å². The molecule has 2 atom stereocenters. The minimum absolute atomic E-state index is 0.0557. The largest absolute Gasteiger partial charge is 0.465 e. The highest BCUT2D eigenvalue weighted by atomic mass is 19.1. The van der Waals surface area contributed by atoms with Crippen LogP contribution in [0.5, 0.6) is 0 Å². The summed E-state index contributed by atoms with van der Waals surface area (Å²) in [6.45, 7) is 0.208. The molecule has 0 bridgehead atoms. The second kappa shape index (κ2) is 9.82. The van der Waals surface area contributed by atoms with Crippen LogP contribution >= 0.6 is 0 Å². The minimum Gasteiger partial charge on any atom is -0.465 e. The fourth-order valence-electron chi connectivity index (χ4n) is 4.77. The van der Waals surface area contributed by atoms with Crippen molar-refractivity contribution in [2.75, 3.05) is 32.5 Å². The zero-order valence-corrected chi connectivity index (χ0v) is 21.0. The van der Waals surface area contributed by atoms with Crippen LogP contribution in [-0.4, -0.2) is 72.7 Å². The van der Waals surface area contributed by atoms with Crippen LogP contribution in [0.2, 0.25) is 0 Å². The molecule has 11 nitrogen and oxygen atoms in total. The number of aromatic nitrogens is 5. The van der Waals surface area contributed by atoms with E-state index < -0.39 is 35.2 Å². The molecular weight excluding hydrogens is 498 g/mol. The van der Waals surface area contributed by atoms with Gasteiger partial charge in [0.15, 0.2) is 0 Å². The number of halogens is 2. The first-order valence-corrected chi connectivity index (χ1v) is 11.9. The van der Waals surface area contributed by atoms with Gasteiger partial charge >= 0.3 is 6.09 Å². The Morgan fingerprint density at radius 2 is 1.87 bits per heavy atom. The number of likely N-dealkylation sites (N-methyl/N-ethyl adjacent to an activating group) is 1. The maximum absolute atomic E-state index is 14.8. The second-order valence-corrected chi connectivity index (χ2v) is 9.45.